The van der Waals surface area contributed by atoms with E-state index < -0.39 is 0 Å². The number of aromatic nitrogens is 5. The predicted molar refractivity (Wildman–Crippen MR) is 115 cm³/mol. The van der Waals surface area contributed by atoms with Crippen molar-refractivity contribution in [3.63, 3.8) is 0 Å². The number of hydrogen-bond acceptors (Lipinski definition) is 6. The number of anilines is 2. The highest BCUT2D eigenvalue weighted by atomic mass is 35.5. The molecule has 5 rings (SSSR count). The van der Waals surface area contributed by atoms with Gasteiger partial charge in [0, 0.05) is 24.6 Å². The number of aliphatic hydroxyl groups is 1. The molecule has 0 spiro atoms. The van der Waals surface area contributed by atoms with Gasteiger partial charge >= 0.3 is 0 Å². The highest BCUT2D eigenvalue weighted by molar-refractivity contribution is 6.32. The maximum Gasteiger partial charge on any atom is 0.158 e. The Morgan fingerprint density at radius 3 is 2.87 bits per heavy atom. The molecule has 4 aromatic heterocycles. The van der Waals surface area contributed by atoms with E-state index in [1.807, 2.05) is 47.3 Å². The molecule has 0 saturated heterocycles. The van der Waals surface area contributed by atoms with Crippen molar-refractivity contribution in [2.24, 2.45) is 0 Å². The number of aliphatic hydroxyl groups excluding tert-OH is 1. The Bertz CT molecular complexity index is 1350. The Morgan fingerprint density at radius 1 is 1.07 bits per heavy atom. The van der Waals surface area contributed by atoms with Crippen LogP contribution < -0.4 is 10.1 Å². The first kappa shape index (κ1) is 18.4. The molecule has 8 nitrogen and oxygen atoms in total. The van der Waals surface area contributed by atoms with Crippen LogP contribution in [0.4, 0.5) is 11.5 Å². The van der Waals surface area contributed by atoms with Gasteiger partial charge in [-0.2, -0.15) is 5.10 Å². The van der Waals surface area contributed by atoms with Crippen LogP contribution in [0.15, 0.2) is 67.4 Å². The number of benzene rings is 1. The fraction of sp³-hybridized carbons (Fsp3) is 0.0952. The summed E-state index contributed by atoms with van der Waals surface area (Å²) in [7, 11) is 0. The summed E-state index contributed by atoms with van der Waals surface area (Å²) in [4.78, 5) is 8.64. The third-order valence-electron chi connectivity index (χ3n) is 4.70. The van der Waals surface area contributed by atoms with E-state index in [1.54, 1.807) is 22.8 Å². The molecule has 0 atom stereocenters. The van der Waals surface area contributed by atoms with Crippen molar-refractivity contribution in [1.29, 1.82) is 0 Å². The molecular formula is C21H17ClN6O2. The van der Waals surface area contributed by atoms with Crippen molar-refractivity contribution in [2.75, 3.05) is 11.9 Å². The Labute approximate surface area is 176 Å². The maximum atomic E-state index is 9.30. The summed E-state index contributed by atoms with van der Waals surface area (Å²) in [5, 5.41) is 17.2. The van der Waals surface area contributed by atoms with E-state index in [0.29, 0.717) is 28.9 Å². The molecule has 0 fully saturated rings. The lowest BCUT2D eigenvalue weighted by atomic mass is 10.3. The fourth-order valence-corrected chi connectivity index (χ4v) is 3.57. The number of halogens is 1. The Hall–Kier alpha value is -3.62. The summed E-state index contributed by atoms with van der Waals surface area (Å²) in [6, 6.07) is 12.9. The quantitative estimate of drug-likeness (QED) is 0.426. The van der Waals surface area contributed by atoms with Gasteiger partial charge in [-0.25, -0.2) is 14.5 Å². The van der Waals surface area contributed by atoms with Crippen molar-refractivity contribution in [3.05, 3.63) is 72.4 Å². The molecule has 0 aliphatic rings. The molecule has 9 heteroatoms. The number of rotatable bonds is 6. The molecular weight excluding hydrogens is 404 g/mol. The van der Waals surface area contributed by atoms with Crippen LogP contribution in [-0.4, -0.2) is 35.9 Å². The second-order valence-electron chi connectivity index (χ2n) is 6.59. The zero-order chi connectivity index (χ0) is 20.5. The van der Waals surface area contributed by atoms with Gasteiger partial charge in [0.25, 0.3) is 0 Å². The van der Waals surface area contributed by atoms with Gasteiger partial charge in [-0.1, -0.05) is 11.6 Å². The topological polar surface area (TPSA) is 89.5 Å². The molecule has 150 valence electrons. The second-order valence-corrected chi connectivity index (χ2v) is 7.00. The van der Waals surface area contributed by atoms with E-state index in [0.717, 1.165) is 22.2 Å². The van der Waals surface area contributed by atoms with Crippen LogP contribution in [0.3, 0.4) is 0 Å². The summed E-state index contributed by atoms with van der Waals surface area (Å²) in [5.41, 5.74) is 3.21. The zero-order valence-electron chi connectivity index (χ0n) is 15.7. The van der Waals surface area contributed by atoms with Crippen LogP contribution in [0.5, 0.6) is 11.5 Å². The van der Waals surface area contributed by atoms with E-state index in [9.17, 15) is 5.11 Å². The lowest BCUT2D eigenvalue weighted by Crippen LogP contribution is -2.04. The van der Waals surface area contributed by atoms with E-state index in [4.69, 9.17) is 16.3 Å². The minimum atomic E-state index is 0.0277. The second kappa shape index (κ2) is 7.66. The molecule has 2 N–H and O–H groups in total. The van der Waals surface area contributed by atoms with Gasteiger partial charge in [0.1, 0.15) is 23.1 Å². The Balaban J connectivity index is 1.44. The van der Waals surface area contributed by atoms with E-state index in [1.165, 1.54) is 6.33 Å². The molecule has 0 aliphatic heterocycles. The smallest absolute Gasteiger partial charge is 0.158 e. The number of ether oxygens (including phenoxy) is 1. The fourth-order valence-electron chi connectivity index (χ4n) is 3.35. The SMILES string of the molecule is OCCn1ccc2ncnc(Nc3ccc(Oc4cccn5nccc45)c(Cl)c3)c21. The van der Waals surface area contributed by atoms with Crippen molar-refractivity contribution >= 4 is 39.7 Å². The first-order valence-corrected chi connectivity index (χ1v) is 9.68. The van der Waals surface area contributed by atoms with Crippen LogP contribution in [-0.2, 0) is 6.54 Å². The molecule has 0 saturated carbocycles. The normalized spacial score (nSPS) is 11.3. The summed E-state index contributed by atoms with van der Waals surface area (Å²) >= 11 is 6.49. The molecule has 1 aromatic carbocycles. The first-order chi connectivity index (χ1) is 14.7. The van der Waals surface area contributed by atoms with Crippen LogP contribution in [0, 0.1) is 0 Å². The largest absolute Gasteiger partial charge is 0.454 e. The predicted octanol–water partition coefficient (Wildman–Crippen LogP) is 4.26. The molecule has 5 aromatic rings. The maximum absolute atomic E-state index is 9.30. The Morgan fingerprint density at radius 2 is 2.00 bits per heavy atom. The molecule has 30 heavy (non-hydrogen) atoms. The van der Waals surface area contributed by atoms with Gasteiger partial charge in [-0.15, -0.1) is 0 Å². The van der Waals surface area contributed by atoms with Crippen molar-refractivity contribution in [1.82, 2.24) is 24.1 Å². The van der Waals surface area contributed by atoms with E-state index in [2.05, 4.69) is 20.4 Å². The van der Waals surface area contributed by atoms with Crippen LogP contribution in [0.25, 0.3) is 16.6 Å². The number of pyridine rings is 1. The minimum absolute atomic E-state index is 0.0277. The van der Waals surface area contributed by atoms with Crippen molar-refractivity contribution < 1.29 is 9.84 Å². The number of fused-ring (bicyclic) bond motifs is 2. The molecule has 0 bridgehead atoms. The minimum Gasteiger partial charge on any atom is -0.454 e. The third kappa shape index (κ3) is 3.32. The number of nitrogens with one attached hydrogen (secondary N) is 1. The number of hydrogen-bond donors (Lipinski definition) is 2. The summed E-state index contributed by atoms with van der Waals surface area (Å²) in [6.45, 7) is 0.485. The molecule has 0 aliphatic carbocycles. The molecule has 0 radical (unpaired) electrons. The summed E-state index contributed by atoms with van der Waals surface area (Å²) in [6.07, 6.45) is 6.94. The lowest BCUT2D eigenvalue weighted by molar-refractivity contribution is 0.278. The van der Waals surface area contributed by atoms with Crippen LogP contribution >= 0.6 is 11.6 Å². The van der Waals surface area contributed by atoms with Gasteiger partial charge in [0.15, 0.2) is 11.6 Å². The van der Waals surface area contributed by atoms with Gasteiger partial charge < -0.3 is 19.7 Å². The monoisotopic (exact) mass is 420 g/mol. The van der Waals surface area contributed by atoms with Crippen molar-refractivity contribution in [2.45, 2.75) is 6.54 Å². The molecule has 4 heterocycles. The van der Waals surface area contributed by atoms with Crippen molar-refractivity contribution in [3.8, 4) is 11.5 Å². The molecule has 0 amide bonds. The third-order valence-corrected chi connectivity index (χ3v) is 5.00. The Kier molecular flexibility index (Phi) is 4.70. The summed E-state index contributed by atoms with van der Waals surface area (Å²) < 4.78 is 9.66. The highest BCUT2D eigenvalue weighted by Gasteiger charge is 2.12. The molecule has 0 unspecified atom stereocenters. The lowest BCUT2D eigenvalue weighted by Gasteiger charge is -2.12. The average molecular weight is 421 g/mol. The van der Waals surface area contributed by atoms with Gasteiger partial charge in [-0.3, -0.25) is 0 Å². The van der Waals surface area contributed by atoms with Gasteiger partial charge in [0.05, 0.1) is 23.3 Å². The standard InChI is InChI=1S/C21H17ClN6O2/c22-15-12-14(26-21-20-16(23-13-24-21)6-9-27(20)10-11-29)3-4-18(15)30-19-2-1-8-28-17(19)5-7-25-28/h1-9,12-13,29H,10-11H2,(H,23,24,26). The van der Waals surface area contributed by atoms with Gasteiger partial charge in [-0.05, 0) is 42.5 Å². The van der Waals surface area contributed by atoms with Crippen LogP contribution in [0.2, 0.25) is 5.02 Å². The average Bonchev–Trinajstić information content (AvgIpc) is 3.39. The number of nitrogens with zero attached hydrogens (tertiary/aromatic N) is 5. The van der Waals surface area contributed by atoms with Gasteiger partial charge in [0.2, 0.25) is 0 Å². The van der Waals surface area contributed by atoms with E-state index >= 15 is 0 Å². The van der Waals surface area contributed by atoms with Crippen LogP contribution in [0.1, 0.15) is 0 Å². The van der Waals surface area contributed by atoms with E-state index in [-0.39, 0.29) is 6.61 Å². The zero-order valence-corrected chi connectivity index (χ0v) is 16.5. The summed E-state index contributed by atoms with van der Waals surface area (Å²) in [5.74, 6) is 1.83. The highest BCUT2D eigenvalue weighted by Crippen LogP contribution is 2.34. The first-order valence-electron chi connectivity index (χ1n) is 9.30.